The van der Waals surface area contributed by atoms with Crippen molar-refractivity contribution in [2.75, 3.05) is 0 Å². The normalized spacial score (nSPS) is 20.5. The number of aryl methyl sites for hydroxylation is 1. The van der Waals surface area contributed by atoms with Gasteiger partial charge in [-0.3, -0.25) is 14.9 Å². The second-order valence-electron chi connectivity index (χ2n) is 9.74. The molecule has 1 fully saturated rings. The third-order valence-corrected chi connectivity index (χ3v) is 7.01. The van der Waals surface area contributed by atoms with Gasteiger partial charge in [0.25, 0.3) is 0 Å². The zero-order valence-electron chi connectivity index (χ0n) is 19.4. The summed E-state index contributed by atoms with van der Waals surface area (Å²) in [6, 6.07) is 16.5. The van der Waals surface area contributed by atoms with Crippen LogP contribution in [0.4, 0.5) is 4.39 Å². The van der Waals surface area contributed by atoms with E-state index in [1.54, 1.807) is 18.3 Å². The van der Waals surface area contributed by atoms with Gasteiger partial charge in [-0.05, 0) is 80.5 Å². The maximum atomic E-state index is 14.2. The molecule has 3 N–H and O–H groups in total. The van der Waals surface area contributed by atoms with E-state index in [0.717, 1.165) is 53.5 Å². The highest BCUT2D eigenvalue weighted by Crippen LogP contribution is 2.36. The molecule has 4 aromatic rings. The summed E-state index contributed by atoms with van der Waals surface area (Å²) in [7, 11) is 0. The van der Waals surface area contributed by atoms with Gasteiger partial charge >= 0.3 is 0 Å². The number of Topliss-reactive ketones (excluding diaryl/α,β-unsaturated/α-hetero) is 1. The maximum Gasteiger partial charge on any atom is 0.163 e. The first-order chi connectivity index (χ1) is 16.4. The molecule has 0 spiro atoms. The number of hydrogen-bond donors (Lipinski definition) is 2. The van der Waals surface area contributed by atoms with E-state index in [9.17, 15) is 9.18 Å². The number of hydrogen-bond acceptors (Lipinski definition) is 4. The van der Waals surface area contributed by atoms with Gasteiger partial charge in [0.05, 0.1) is 5.52 Å². The zero-order valence-corrected chi connectivity index (χ0v) is 19.4. The number of ketones is 1. The van der Waals surface area contributed by atoms with Crippen LogP contribution >= 0.6 is 0 Å². The van der Waals surface area contributed by atoms with Crippen LogP contribution in [0.25, 0.3) is 22.2 Å². The van der Waals surface area contributed by atoms with Gasteiger partial charge in [0, 0.05) is 40.4 Å². The molecule has 1 saturated carbocycles. The Morgan fingerprint density at radius 3 is 2.88 bits per heavy atom. The fraction of sp³-hybridized carbons (Fsp3) is 0.321. The van der Waals surface area contributed by atoms with Crippen molar-refractivity contribution >= 4 is 16.7 Å². The van der Waals surface area contributed by atoms with Gasteiger partial charge in [-0.15, -0.1) is 0 Å². The SMILES string of the molecule is Cc1cc(-c2n[nH]c3ccc(C(=O)C[C@@H]4CCC[C@@](N)(Cc5ccccc5F)C4)cc23)ccn1. The van der Waals surface area contributed by atoms with Crippen LogP contribution in [-0.2, 0) is 6.42 Å². The third kappa shape index (κ3) is 4.64. The fourth-order valence-corrected chi connectivity index (χ4v) is 5.36. The molecule has 6 heteroatoms. The van der Waals surface area contributed by atoms with Crippen LogP contribution < -0.4 is 5.73 Å². The Kier molecular flexibility index (Phi) is 6.00. The molecule has 34 heavy (non-hydrogen) atoms. The highest BCUT2D eigenvalue weighted by molar-refractivity contribution is 6.02. The lowest BCUT2D eigenvalue weighted by molar-refractivity contribution is 0.0933. The molecule has 0 saturated heterocycles. The molecule has 5 nitrogen and oxygen atoms in total. The summed E-state index contributed by atoms with van der Waals surface area (Å²) >= 11 is 0. The lowest BCUT2D eigenvalue weighted by atomic mass is 9.71. The van der Waals surface area contributed by atoms with Crippen molar-refractivity contribution in [3.8, 4) is 11.3 Å². The van der Waals surface area contributed by atoms with Gasteiger partial charge < -0.3 is 5.73 Å². The van der Waals surface area contributed by atoms with Crippen molar-refractivity contribution in [2.45, 2.75) is 51.0 Å². The first-order valence-electron chi connectivity index (χ1n) is 11.9. The Morgan fingerprint density at radius 2 is 2.06 bits per heavy atom. The minimum absolute atomic E-state index is 0.111. The van der Waals surface area contributed by atoms with Crippen LogP contribution in [-0.4, -0.2) is 26.5 Å². The number of carbonyl (C=O) groups is 1. The molecule has 2 atom stereocenters. The summed E-state index contributed by atoms with van der Waals surface area (Å²) in [6.07, 6.45) is 6.21. The predicted octanol–water partition coefficient (Wildman–Crippen LogP) is 5.78. The average molecular weight is 457 g/mol. The second-order valence-corrected chi connectivity index (χ2v) is 9.74. The Labute approximate surface area is 198 Å². The highest BCUT2D eigenvalue weighted by atomic mass is 19.1. The van der Waals surface area contributed by atoms with E-state index in [-0.39, 0.29) is 17.5 Å². The van der Waals surface area contributed by atoms with E-state index in [1.165, 1.54) is 6.07 Å². The van der Waals surface area contributed by atoms with Gasteiger partial charge in [0.1, 0.15) is 11.5 Å². The van der Waals surface area contributed by atoms with Crippen molar-refractivity contribution in [1.29, 1.82) is 0 Å². The number of H-pyrrole nitrogens is 1. The molecule has 1 aliphatic rings. The van der Waals surface area contributed by atoms with Gasteiger partial charge in [0.2, 0.25) is 0 Å². The molecule has 2 aromatic carbocycles. The number of benzene rings is 2. The Hall–Kier alpha value is -3.38. The van der Waals surface area contributed by atoms with Crippen LogP contribution in [0.1, 0.15) is 53.7 Å². The molecule has 0 bridgehead atoms. The minimum atomic E-state index is -0.480. The summed E-state index contributed by atoms with van der Waals surface area (Å²) in [5, 5.41) is 8.46. The van der Waals surface area contributed by atoms with Gasteiger partial charge in [-0.1, -0.05) is 24.6 Å². The topological polar surface area (TPSA) is 84.7 Å². The summed E-state index contributed by atoms with van der Waals surface area (Å²) < 4.78 is 14.2. The third-order valence-electron chi connectivity index (χ3n) is 7.01. The number of aromatic amines is 1. The minimum Gasteiger partial charge on any atom is -0.325 e. The zero-order chi connectivity index (χ0) is 23.7. The maximum absolute atomic E-state index is 14.2. The average Bonchev–Trinajstić information content (AvgIpc) is 3.24. The molecule has 174 valence electrons. The smallest absolute Gasteiger partial charge is 0.163 e. The summed E-state index contributed by atoms with van der Waals surface area (Å²) in [4.78, 5) is 17.5. The molecule has 2 aromatic heterocycles. The molecule has 0 radical (unpaired) electrons. The standard InChI is InChI=1S/C28H29FN4O/c1-18-13-21(10-12-31-18)27-23-15-20(8-9-25(23)32-33-27)26(34)14-19-5-4-11-28(30,16-19)17-22-6-2-3-7-24(22)29/h2-3,6-10,12-13,15,19H,4-5,11,14,16-17,30H2,1H3,(H,32,33)/t19-,28-/m0/s1. The lowest BCUT2D eigenvalue weighted by Crippen LogP contribution is -2.46. The van der Waals surface area contributed by atoms with Gasteiger partial charge in [-0.2, -0.15) is 5.10 Å². The van der Waals surface area contributed by atoms with E-state index in [2.05, 4.69) is 15.2 Å². The van der Waals surface area contributed by atoms with E-state index in [1.807, 2.05) is 43.3 Å². The van der Waals surface area contributed by atoms with E-state index < -0.39 is 5.54 Å². The van der Waals surface area contributed by atoms with Crippen molar-refractivity contribution in [3.63, 3.8) is 0 Å². The van der Waals surface area contributed by atoms with E-state index in [4.69, 9.17) is 5.73 Å². The largest absolute Gasteiger partial charge is 0.325 e. The van der Waals surface area contributed by atoms with E-state index in [0.29, 0.717) is 24.0 Å². The molecule has 0 amide bonds. The second kappa shape index (κ2) is 9.11. The first kappa shape index (κ1) is 22.4. The van der Waals surface area contributed by atoms with Crippen LogP contribution in [0.2, 0.25) is 0 Å². The quantitative estimate of drug-likeness (QED) is 0.361. The summed E-state index contributed by atoms with van der Waals surface area (Å²) in [5.74, 6) is 0.0969. The van der Waals surface area contributed by atoms with Crippen LogP contribution in [0.3, 0.4) is 0 Å². The first-order valence-corrected chi connectivity index (χ1v) is 11.9. The molecule has 1 aliphatic carbocycles. The fourth-order valence-electron chi connectivity index (χ4n) is 5.36. The van der Waals surface area contributed by atoms with E-state index >= 15 is 0 Å². The Morgan fingerprint density at radius 1 is 1.21 bits per heavy atom. The molecule has 0 aliphatic heterocycles. The highest BCUT2D eigenvalue weighted by Gasteiger charge is 2.34. The van der Waals surface area contributed by atoms with Crippen LogP contribution in [0.15, 0.2) is 60.8 Å². The molecule has 0 unspecified atom stereocenters. The number of nitrogens with two attached hydrogens (primary N) is 1. The number of aromatic nitrogens is 3. The molecular formula is C28H29FN4O. The number of halogens is 1. The Bertz CT molecular complexity index is 1350. The number of fused-ring (bicyclic) bond motifs is 1. The molecule has 2 heterocycles. The van der Waals surface area contributed by atoms with Crippen molar-refractivity contribution in [3.05, 3.63) is 83.4 Å². The Balaban J connectivity index is 1.33. The van der Waals surface area contributed by atoms with Crippen molar-refractivity contribution in [1.82, 2.24) is 15.2 Å². The predicted molar refractivity (Wildman–Crippen MR) is 132 cm³/mol. The number of carbonyl (C=O) groups excluding carboxylic acids is 1. The number of pyridine rings is 1. The summed E-state index contributed by atoms with van der Waals surface area (Å²) in [6.45, 7) is 1.95. The monoisotopic (exact) mass is 456 g/mol. The van der Waals surface area contributed by atoms with Gasteiger partial charge in [0.15, 0.2) is 5.78 Å². The number of rotatable bonds is 6. The number of nitrogens with zero attached hydrogens (tertiary/aromatic N) is 2. The molecule has 5 rings (SSSR count). The van der Waals surface area contributed by atoms with Gasteiger partial charge in [-0.25, -0.2) is 4.39 Å². The lowest BCUT2D eigenvalue weighted by Gasteiger charge is -2.38. The van der Waals surface area contributed by atoms with Crippen LogP contribution in [0.5, 0.6) is 0 Å². The van der Waals surface area contributed by atoms with Crippen molar-refractivity contribution < 1.29 is 9.18 Å². The summed E-state index contributed by atoms with van der Waals surface area (Å²) in [5.41, 5.74) is 11.2. The van der Waals surface area contributed by atoms with Crippen molar-refractivity contribution in [2.24, 2.45) is 11.7 Å². The molecular weight excluding hydrogens is 427 g/mol. The van der Waals surface area contributed by atoms with Crippen LogP contribution in [0, 0.1) is 18.7 Å². The number of nitrogens with one attached hydrogen (secondary N) is 1.